The molecule has 5 heteroatoms. The second-order valence-electron chi connectivity index (χ2n) is 3.90. The van der Waals surface area contributed by atoms with Gasteiger partial charge in [-0.05, 0) is 25.8 Å². The second-order valence-corrected chi connectivity index (χ2v) is 5.32. The van der Waals surface area contributed by atoms with Gasteiger partial charge < -0.3 is 4.74 Å². The van der Waals surface area contributed by atoms with Gasteiger partial charge in [0.25, 0.3) is 0 Å². The summed E-state index contributed by atoms with van der Waals surface area (Å²) in [7, 11) is 0. The van der Waals surface area contributed by atoms with Gasteiger partial charge in [-0.2, -0.15) is 11.8 Å². The van der Waals surface area contributed by atoms with Gasteiger partial charge in [-0.3, -0.25) is 0 Å². The first-order valence-electron chi connectivity index (χ1n) is 5.43. The Labute approximate surface area is 105 Å². The Bertz CT molecular complexity index is 336. The van der Waals surface area contributed by atoms with Crippen molar-refractivity contribution in [2.24, 2.45) is 0 Å². The highest BCUT2D eigenvalue weighted by atomic mass is 35.5. The summed E-state index contributed by atoms with van der Waals surface area (Å²) in [6.07, 6.45) is 2.80. The quantitative estimate of drug-likeness (QED) is 0.778. The van der Waals surface area contributed by atoms with Gasteiger partial charge in [-0.25, -0.2) is 9.97 Å². The van der Waals surface area contributed by atoms with Crippen LogP contribution in [0.15, 0.2) is 6.07 Å². The van der Waals surface area contributed by atoms with E-state index in [0.717, 1.165) is 29.6 Å². The van der Waals surface area contributed by atoms with Crippen LogP contribution in [0.2, 0.25) is 5.15 Å². The lowest BCUT2D eigenvalue weighted by Crippen LogP contribution is -2.08. The molecule has 1 fully saturated rings. The molecule has 0 aliphatic carbocycles. The maximum absolute atomic E-state index is 5.87. The molecule has 88 valence electrons. The molecular weight excluding hydrogens is 244 g/mol. The number of aryl methyl sites for hydroxylation is 1. The van der Waals surface area contributed by atoms with Crippen LogP contribution in [-0.2, 0) is 10.5 Å². The maximum atomic E-state index is 5.87. The topological polar surface area (TPSA) is 35.0 Å². The van der Waals surface area contributed by atoms with Crippen molar-refractivity contribution < 1.29 is 4.74 Å². The van der Waals surface area contributed by atoms with Gasteiger partial charge in [-0.1, -0.05) is 11.6 Å². The number of nitrogens with zero attached hydrogens (tertiary/aromatic N) is 2. The van der Waals surface area contributed by atoms with Crippen LogP contribution >= 0.6 is 23.4 Å². The highest BCUT2D eigenvalue weighted by Gasteiger charge is 2.15. The minimum absolute atomic E-state index is 0.422. The Morgan fingerprint density at radius 2 is 2.44 bits per heavy atom. The summed E-state index contributed by atoms with van der Waals surface area (Å²) in [5.74, 6) is 2.64. The Balaban J connectivity index is 1.80. The van der Waals surface area contributed by atoms with Crippen LogP contribution in [0, 0.1) is 6.92 Å². The fourth-order valence-electron chi connectivity index (χ4n) is 1.71. The van der Waals surface area contributed by atoms with Gasteiger partial charge in [0, 0.05) is 18.1 Å². The van der Waals surface area contributed by atoms with Crippen LogP contribution in [0.5, 0.6) is 0 Å². The van der Waals surface area contributed by atoms with Gasteiger partial charge >= 0.3 is 0 Å². The van der Waals surface area contributed by atoms with Crippen molar-refractivity contribution in [3.05, 3.63) is 22.7 Å². The predicted octanol–water partition coefficient (Wildman–Crippen LogP) is 2.85. The Kier molecular flexibility index (Phi) is 4.44. The van der Waals surface area contributed by atoms with Gasteiger partial charge in [-0.15, -0.1) is 0 Å². The second kappa shape index (κ2) is 5.84. The summed E-state index contributed by atoms with van der Waals surface area (Å²) >= 11 is 7.68. The van der Waals surface area contributed by atoms with E-state index in [0.29, 0.717) is 11.3 Å². The van der Waals surface area contributed by atoms with Gasteiger partial charge in [0.15, 0.2) is 0 Å². The predicted molar refractivity (Wildman–Crippen MR) is 66.9 cm³/mol. The van der Waals surface area contributed by atoms with E-state index in [1.54, 1.807) is 6.07 Å². The summed E-state index contributed by atoms with van der Waals surface area (Å²) < 4.78 is 5.55. The number of hydrogen-bond donors (Lipinski definition) is 0. The number of rotatable bonds is 4. The molecular formula is C11H15ClN2OS. The summed E-state index contributed by atoms with van der Waals surface area (Å²) in [5.41, 5.74) is 0.924. The first kappa shape index (κ1) is 12.1. The molecule has 0 amide bonds. The van der Waals surface area contributed by atoms with Crippen LogP contribution in [0.3, 0.4) is 0 Å². The highest BCUT2D eigenvalue weighted by Crippen LogP contribution is 2.19. The molecule has 3 nitrogen and oxygen atoms in total. The first-order chi connectivity index (χ1) is 7.74. The van der Waals surface area contributed by atoms with Gasteiger partial charge in [0.05, 0.1) is 11.9 Å². The average molecular weight is 259 g/mol. The zero-order valence-corrected chi connectivity index (χ0v) is 10.9. The van der Waals surface area contributed by atoms with Gasteiger partial charge in [0.1, 0.15) is 11.0 Å². The van der Waals surface area contributed by atoms with E-state index < -0.39 is 0 Å². The molecule has 1 saturated heterocycles. The molecule has 0 saturated carbocycles. The van der Waals surface area contributed by atoms with Crippen molar-refractivity contribution in [2.75, 3.05) is 12.4 Å². The number of aromatic nitrogens is 2. The molecule has 16 heavy (non-hydrogen) atoms. The first-order valence-corrected chi connectivity index (χ1v) is 6.97. The van der Waals surface area contributed by atoms with Crippen LogP contribution in [0.4, 0.5) is 0 Å². The molecule has 1 aliphatic heterocycles. The zero-order chi connectivity index (χ0) is 11.4. The third-order valence-corrected chi connectivity index (χ3v) is 3.69. The van der Waals surface area contributed by atoms with E-state index in [1.165, 1.54) is 12.8 Å². The molecule has 1 aromatic heterocycles. The minimum Gasteiger partial charge on any atom is -0.377 e. The standard InChI is InChI=1S/C11H15ClN2OS/c1-8-5-10(12)14-11(13-8)7-16-6-9-3-2-4-15-9/h5,9H,2-4,6-7H2,1H3. The Morgan fingerprint density at radius 1 is 1.56 bits per heavy atom. The highest BCUT2D eigenvalue weighted by molar-refractivity contribution is 7.98. The van der Waals surface area contributed by atoms with Crippen molar-refractivity contribution in [1.29, 1.82) is 0 Å². The van der Waals surface area contributed by atoms with E-state index in [1.807, 2.05) is 18.7 Å². The van der Waals surface area contributed by atoms with Crippen molar-refractivity contribution in [3.8, 4) is 0 Å². The number of hydrogen-bond acceptors (Lipinski definition) is 4. The molecule has 0 spiro atoms. The van der Waals surface area contributed by atoms with E-state index >= 15 is 0 Å². The van der Waals surface area contributed by atoms with E-state index in [2.05, 4.69) is 9.97 Å². The fraction of sp³-hybridized carbons (Fsp3) is 0.636. The van der Waals surface area contributed by atoms with E-state index in [9.17, 15) is 0 Å². The van der Waals surface area contributed by atoms with Crippen LogP contribution in [-0.4, -0.2) is 28.4 Å². The average Bonchev–Trinajstić information content (AvgIpc) is 2.69. The molecule has 1 atom stereocenters. The molecule has 0 aromatic carbocycles. The largest absolute Gasteiger partial charge is 0.377 e. The van der Waals surface area contributed by atoms with Gasteiger partial charge in [0.2, 0.25) is 0 Å². The van der Waals surface area contributed by atoms with Crippen molar-refractivity contribution >= 4 is 23.4 Å². The summed E-state index contributed by atoms with van der Waals surface area (Å²) in [4.78, 5) is 8.53. The van der Waals surface area contributed by atoms with E-state index in [-0.39, 0.29) is 0 Å². The molecule has 2 rings (SSSR count). The lowest BCUT2D eigenvalue weighted by atomic mass is 10.3. The lowest BCUT2D eigenvalue weighted by molar-refractivity contribution is 0.129. The maximum Gasteiger partial charge on any atom is 0.140 e. The van der Waals surface area contributed by atoms with Crippen molar-refractivity contribution in [2.45, 2.75) is 31.6 Å². The third-order valence-electron chi connectivity index (χ3n) is 2.43. The van der Waals surface area contributed by atoms with Crippen LogP contribution in [0.25, 0.3) is 0 Å². The normalized spacial score (nSPS) is 20.2. The summed E-state index contributed by atoms with van der Waals surface area (Å²) in [6, 6.07) is 1.77. The van der Waals surface area contributed by atoms with Crippen molar-refractivity contribution in [1.82, 2.24) is 9.97 Å². The number of ether oxygens (including phenoxy) is 1. The summed E-state index contributed by atoms with van der Waals surface area (Å²) in [5, 5.41) is 0.528. The number of thioether (sulfide) groups is 1. The molecule has 2 heterocycles. The lowest BCUT2D eigenvalue weighted by Gasteiger charge is -2.08. The van der Waals surface area contributed by atoms with Crippen LogP contribution < -0.4 is 0 Å². The number of halogens is 1. The molecule has 0 radical (unpaired) electrons. The van der Waals surface area contributed by atoms with E-state index in [4.69, 9.17) is 16.3 Å². The zero-order valence-electron chi connectivity index (χ0n) is 9.28. The molecule has 1 aliphatic rings. The smallest absolute Gasteiger partial charge is 0.140 e. The molecule has 1 aromatic rings. The molecule has 0 N–H and O–H groups in total. The third kappa shape index (κ3) is 3.61. The fourth-order valence-corrected chi connectivity index (χ4v) is 2.92. The minimum atomic E-state index is 0.422. The molecule has 0 bridgehead atoms. The monoisotopic (exact) mass is 258 g/mol. The Hall–Kier alpha value is -0.320. The molecule has 1 unspecified atom stereocenters. The SMILES string of the molecule is Cc1cc(Cl)nc(CSCC2CCCO2)n1. The van der Waals surface area contributed by atoms with Crippen LogP contribution in [0.1, 0.15) is 24.4 Å². The Morgan fingerprint density at radius 3 is 3.12 bits per heavy atom. The summed E-state index contributed by atoms with van der Waals surface area (Å²) in [6.45, 7) is 2.85. The van der Waals surface area contributed by atoms with Crippen molar-refractivity contribution in [3.63, 3.8) is 0 Å².